The van der Waals surface area contributed by atoms with Crippen LogP contribution in [0.5, 0.6) is 0 Å². The third-order valence-corrected chi connectivity index (χ3v) is 4.72. The van der Waals surface area contributed by atoms with Crippen LogP contribution in [0.15, 0.2) is 53.9 Å². The van der Waals surface area contributed by atoms with E-state index in [0.717, 1.165) is 28.2 Å². The number of aromatic nitrogens is 1. The van der Waals surface area contributed by atoms with E-state index < -0.39 is 0 Å². The summed E-state index contributed by atoms with van der Waals surface area (Å²) in [6.45, 7) is 4.63. The molecule has 2 aromatic carbocycles. The molecule has 3 rings (SSSR count). The van der Waals surface area contributed by atoms with Crippen molar-refractivity contribution in [2.24, 2.45) is 0 Å². The molecule has 3 aromatic rings. The van der Waals surface area contributed by atoms with E-state index >= 15 is 0 Å². The molecule has 0 spiro atoms. The van der Waals surface area contributed by atoms with Crippen LogP contribution in [0.4, 0.5) is 0 Å². The second-order valence-electron chi connectivity index (χ2n) is 5.68. The number of nitrogens with zero attached hydrogens (tertiary/aromatic N) is 1. The quantitative estimate of drug-likeness (QED) is 0.739. The maximum absolute atomic E-state index is 12.2. The Morgan fingerprint density at radius 3 is 2.29 bits per heavy atom. The lowest BCUT2D eigenvalue weighted by atomic mass is 10.1. The lowest BCUT2D eigenvalue weighted by Crippen LogP contribution is -2.22. The monoisotopic (exact) mass is 336 g/mol. The van der Waals surface area contributed by atoms with Crippen LogP contribution < -0.4 is 5.32 Å². The first kappa shape index (κ1) is 16.4. The molecule has 0 fully saturated rings. The van der Waals surface area contributed by atoms with Gasteiger partial charge in [-0.05, 0) is 36.6 Å². The van der Waals surface area contributed by atoms with Crippen molar-refractivity contribution in [1.82, 2.24) is 10.3 Å². The SMILES string of the molecule is CCc1ccc(C(=O)NCc2ccc(-c3csc(C)n3)cc2)cc1. The summed E-state index contributed by atoms with van der Waals surface area (Å²) in [5, 5.41) is 6.09. The first-order chi connectivity index (χ1) is 11.7. The molecule has 0 bridgehead atoms. The van der Waals surface area contributed by atoms with Gasteiger partial charge in [-0.1, -0.05) is 43.3 Å². The van der Waals surface area contributed by atoms with Gasteiger partial charge in [0.2, 0.25) is 0 Å². The van der Waals surface area contributed by atoms with Gasteiger partial charge in [0.25, 0.3) is 5.91 Å². The Bertz CT molecular complexity index is 820. The van der Waals surface area contributed by atoms with Gasteiger partial charge < -0.3 is 5.32 Å². The van der Waals surface area contributed by atoms with Gasteiger partial charge in [0.1, 0.15) is 0 Å². The van der Waals surface area contributed by atoms with E-state index in [-0.39, 0.29) is 5.91 Å². The summed E-state index contributed by atoms with van der Waals surface area (Å²) in [4.78, 5) is 16.7. The molecular formula is C20H20N2OS. The van der Waals surface area contributed by atoms with Crippen molar-refractivity contribution >= 4 is 17.2 Å². The van der Waals surface area contributed by atoms with Crippen molar-refractivity contribution in [1.29, 1.82) is 0 Å². The van der Waals surface area contributed by atoms with Crippen LogP contribution in [0.1, 0.15) is 33.4 Å². The fourth-order valence-corrected chi connectivity index (χ4v) is 3.09. The molecule has 0 aliphatic carbocycles. The number of nitrogens with one attached hydrogen (secondary N) is 1. The van der Waals surface area contributed by atoms with Crippen LogP contribution in [0.2, 0.25) is 0 Å². The van der Waals surface area contributed by atoms with Crippen LogP contribution in [0, 0.1) is 6.92 Å². The lowest BCUT2D eigenvalue weighted by Gasteiger charge is -2.07. The number of rotatable bonds is 5. The Hall–Kier alpha value is -2.46. The van der Waals surface area contributed by atoms with Crippen molar-refractivity contribution in [2.75, 3.05) is 0 Å². The number of amides is 1. The molecule has 1 aromatic heterocycles. The maximum atomic E-state index is 12.2. The average molecular weight is 336 g/mol. The summed E-state index contributed by atoms with van der Waals surface area (Å²) in [7, 11) is 0. The molecule has 24 heavy (non-hydrogen) atoms. The zero-order valence-corrected chi connectivity index (χ0v) is 14.7. The van der Waals surface area contributed by atoms with E-state index in [2.05, 4.69) is 22.6 Å². The van der Waals surface area contributed by atoms with Crippen LogP contribution in [0.25, 0.3) is 11.3 Å². The number of thiazole rings is 1. The molecule has 0 saturated heterocycles. The third kappa shape index (κ3) is 3.89. The zero-order chi connectivity index (χ0) is 16.9. The molecule has 1 heterocycles. The van der Waals surface area contributed by atoms with Gasteiger partial charge >= 0.3 is 0 Å². The fourth-order valence-electron chi connectivity index (χ4n) is 2.47. The minimum atomic E-state index is -0.0446. The summed E-state index contributed by atoms with van der Waals surface area (Å²) in [5.74, 6) is -0.0446. The second-order valence-corrected chi connectivity index (χ2v) is 6.74. The van der Waals surface area contributed by atoms with Gasteiger partial charge in [0, 0.05) is 23.1 Å². The molecule has 0 radical (unpaired) electrons. The molecule has 0 saturated carbocycles. The minimum absolute atomic E-state index is 0.0446. The van der Waals surface area contributed by atoms with Crippen molar-refractivity contribution < 1.29 is 4.79 Å². The highest BCUT2D eigenvalue weighted by Crippen LogP contribution is 2.21. The van der Waals surface area contributed by atoms with Crippen molar-refractivity contribution in [3.8, 4) is 11.3 Å². The summed E-state index contributed by atoms with van der Waals surface area (Å²) in [6.07, 6.45) is 0.979. The molecule has 1 amide bonds. The Balaban J connectivity index is 1.60. The van der Waals surface area contributed by atoms with Gasteiger partial charge in [-0.2, -0.15) is 0 Å². The van der Waals surface area contributed by atoms with Gasteiger partial charge in [-0.3, -0.25) is 4.79 Å². The van der Waals surface area contributed by atoms with E-state index in [1.165, 1.54) is 5.56 Å². The number of carbonyl (C=O) groups is 1. The minimum Gasteiger partial charge on any atom is -0.348 e. The molecule has 0 aliphatic heterocycles. The van der Waals surface area contributed by atoms with E-state index in [1.807, 2.05) is 55.5 Å². The van der Waals surface area contributed by atoms with Crippen LogP contribution in [0.3, 0.4) is 0 Å². The smallest absolute Gasteiger partial charge is 0.251 e. The Morgan fingerprint density at radius 2 is 1.71 bits per heavy atom. The average Bonchev–Trinajstić information content (AvgIpc) is 3.06. The second kappa shape index (κ2) is 7.41. The van der Waals surface area contributed by atoms with Gasteiger partial charge in [-0.25, -0.2) is 4.98 Å². The zero-order valence-electron chi connectivity index (χ0n) is 13.9. The van der Waals surface area contributed by atoms with Crippen LogP contribution >= 0.6 is 11.3 Å². The largest absolute Gasteiger partial charge is 0.348 e. The fraction of sp³-hybridized carbons (Fsp3) is 0.200. The number of carbonyl (C=O) groups excluding carboxylic acids is 1. The van der Waals surface area contributed by atoms with E-state index in [1.54, 1.807) is 11.3 Å². The van der Waals surface area contributed by atoms with Crippen LogP contribution in [-0.4, -0.2) is 10.9 Å². The molecule has 4 heteroatoms. The third-order valence-electron chi connectivity index (χ3n) is 3.95. The van der Waals surface area contributed by atoms with Crippen molar-refractivity contribution in [3.05, 3.63) is 75.6 Å². The summed E-state index contributed by atoms with van der Waals surface area (Å²) in [6, 6.07) is 15.9. The van der Waals surface area contributed by atoms with Gasteiger partial charge in [-0.15, -0.1) is 11.3 Å². The molecular weight excluding hydrogens is 316 g/mol. The molecule has 0 aliphatic rings. The first-order valence-corrected chi connectivity index (χ1v) is 8.92. The molecule has 0 unspecified atom stereocenters. The molecule has 1 N–H and O–H groups in total. The summed E-state index contributed by atoms with van der Waals surface area (Å²) in [5.41, 5.74) is 5.11. The molecule has 122 valence electrons. The maximum Gasteiger partial charge on any atom is 0.251 e. The predicted octanol–water partition coefficient (Wildman–Crippen LogP) is 4.61. The van der Waals surface area contributed by atoms with E-state index in [0.29, 0.717) is 12.1 Å². The van der Waals surface area contributed by atoms with E-state index in [9.17, 15) is 4.79 Å². The summed E-state index contributed by atoms with van der Waals surface area (Å²) < 4.78 is 0. The molecule has 0 atom stereocenters. The number of benzene rings is 2. The predicted molar refractivity (Wildman–Crippen MR) is 99.3 cm³/mol. The van der Waals surface area contributed by atoms with E-state index in [4.69, 9.17) is 0 Å². The Morgan fingerprint density at radius 1 is 1.04 bits per heavy atom. The standard InChI is InChI=1S/C20H20N2OS/c1-3-15-4-10-18(11-5-15)20(23)21-12-16-6-8-17(9-7-16)19-13-24-14(2)22-19/h4-11,13H,3,12H2,1-2H3,(H,21,23). The van der Waals surface area contributed by atoms with Crippen LogP contribution in [-0.2, 0) is 13.0 Å². The highest BCUT2D eigenvalue weighted by Gasteiger charge is 2.06. The van der Waals surface area contributed by atoms with Gasteiger partial charge in [0.05, 0.1) is 10.7 Å². The van der Waals surface area contributed by atoms with Gasteiger partial charge in [0.15, 0.2) is 0 Å². The highest BCUT2D eigenvalue weighted by atomic mass is 32.1. The highest BCUT2D eigenvalue weighted by molar-refractivity contribution is 7.09. The van der Waals surface area contributed by atoms with Crippen molar-refractivity contribution in [2.45, 2.75) is 26.8 Å². The lowest BCUT2D eigenvalue weighted by molar-refractivity contribution is 0.0951. The number of hydrogen-bond donors (Lipinski definition) is 1. The Kier molecular flexibility index (Phi) is 5.06. The topological polar surface area (TPSA) is 42.0 Å². The summed E-state index contributed by atoms with van der Waals surface area (Å²) >= 11 is 1.65. The molecule has 3 nitrogen and oxygen atoms in total. The normalized spacial score (nSPS) is 10.6. The number of aryl methyl sites for hydroxylation is 2. The number of hydrogen-bond acceptors (Lipinski definition) is 3. The Labute approximate surface area is 146 Å². The van der Waals surface area contributed by atoms with Crippen molar-refractivity contribution in [3.63, 3.8) is 0 Å². The first-order valence-electron chi connectivity index (χ1n) is 8.04.